The first-order chi connectivity index (χ1) is 17.5. The monoisotopic (exact) mass is 528 g/mol. The molecule has 0 aromatic rings. The molecule has 4 saturated carbocycles. The Bertz CT molecular complexity index is 1030. The van der Waals surface area contributed by atoms with Crippen LogP contribution in [0.15, 0.2) is 11.6 Å². The lowest BCUT2D eigenvalue weighted by Gasteiger charge is -2.71. The molecule has 5 aliphatic rings. The second-order valence-corrected chi connectivity index (χ2v) is 16.0. The summed E-state index contributed by atoms with van der Waals surface area (Å²) < 4.78 is 5.71. The second-order valence-electron chi connectivity index (χ2n) is 16.0. The summed E-state index contributed by atoms with van der Waals surface area (Å²) in [5, 5.41) is 20.0. The molecule has 0 aliphatic heterocycles. The number of aliphatic carboxylic acids is 1. The Labute approximate surface area is 230 Å². The van der Waals surface area contributed by atoms with E-state index in [2.05, 4.69) is 54.5 Å². The van der Waals surface area contributed by atoms with Crippen molar-refractivity contribution >= 4 is 11.9 Å². The molecule has 4 fully saturated rings. The fourth-order valence-electron chi connectivity index (χ4n) is 11.0. The van der Waals surface area contributed by atoms with Gasteiger partial charge in [0.1, 0.15) is 6.61 Å². The molecule has 0 amide bonds. The van der Waals surface area contributed by atoms with Crippen LogP contribution >= 0.6 is 0 Å². The van der Waals surface area contributed by atoms with E-state index in [-0.39, 0.29) is 58.1 Å². The molecular weight excluding hydrogens is 476 g/mol. The normalized spacial score (nSPS) is 46.9. The van der Waals surface area contributed by atoms with Crippen molar-refractivity contribution in [3.63, 3.8) is 0 Å². The van der Waals surface area contributed by atoms with Crippen molar-refractivity contribution < 1.29 is 24.5 Å². The van der Waals surface area contributed by atoms with Gasteiger partial charge in [0, 0.05) is 0 Å². The molecule has 0 aromatic heterocycles. The zero-order chi connectivity index (χ0) is 27.9. The summed E-state index contributed by atoms with van der Waals surface area (Å²) in [6.45, 7) is 16.8. The highest BCUT2D eigenvalue weighted by Crippen LogP contribution is 2.75. The molecule has 2 N–H and O–H groups in total. The maximum absolute atomic E-state index is 13.8. The SMILES string of the molecule is CC1(C)CC[C@]2(C(=O)OCCC(=O)O)CC[C@]3(C)C(=CC[C@@H]4[C@@]5(C)CC[C@H](O)C(C)(C)[C@@H]5CC[C@]43C)[C@@H]2C1. The molecule has 5 heteroatoms. The second kappa shape index (κ2) is 8.82. The number of aliphatic hydroxyl groups excluding tert-OH is 1. The van der Waals surface area contributed by atoms with E-state index >= 15 is 0 Å². The molecule has 0 radical (unpaired) electrons. The van der Waals surface area contributed by atoms with E-state index in [4.69, 9.17) is 9.84 Å². The van der Waals surface area contributed by atoms with Crippen LogP contribution in [0.5, 0.6) is 0 Å². The van der Waals surface area contributed by atoms with E-state index in [0.29, 0.717) is 11.8 Å². The lowest BCUT2D eigenvalue weighted by molar-refractivity contribution is -0.206. The summed E-state index contributed by atoms with van der Waals surface area (Å²) in [7, 11) is 0. The lowest BCUT2D eigenvalue weighted by Crippen LogP contribution is -2.65. The van der Waals surface area contributed by atoms with Gasteiger partial charge in [-0.3, -0.25) is 9.59 Å². The Morgan fingerprint density at radius 2 is 1.61 bits per heavy atom. The average Bonchev–Trinajstić information content (AvgIpc) is 2.81. The predicted octanol–water partition coefficient (Wildman–Crippen LogP) is 7.17. The van der Waals surface area contributed by atoms with Gasteiger partial charge in [0.25, 0.3) is 0 Å². The Kier molecular flexibility index (Phi) is 6.54. The van der Waals surface area contributed by atoms with E-state index < -0.39 is 11.4 Å². The van der Waals surface area contributed by atoms with Crippen LogP contribution in [-0.4, -0.2) is 34.9 Å². The van der Waals surface area contributed by atoms with Crippen LogP contribution in [0, 0.1) is 50.2 Å². The maximum Gasteiger partial charge on any atom is 0.312 e. The molecule has 38 heavy (non-hydrogen) atoms. The number of carboxylic acid groups (broad SMARTS) is 1. The third kappa shape index (κ3) is 3.79. The third-order valence-corrected chi connectivity index (χ3v) is 13.6. The van der Waals surface area contributed by atoms with Crippen LogP contribution in [0.2, 0.25) is 0 Å². The Balaban J connectivity index is 1.53. The van der Waals surface area contributed by atoms with Gasteiger partial charge in [-0.1, -0.05) is 60.1 Å². The van der Waals surface area contributed by atoms with Crippen molar-refractivity contribution in [1.29, 1.82) is 0 Å². The topological polar surface area (TPSA) is 83.8 Å². The number of ether oxygens (including phenoxy) is 1. The number of rotatable bonds is 4. The summed E-state index contributed by atoms with van der Waals surface area (Å²) in [5.74, 6) is 0.171. The minimum absolute atomic E-state index is 0.0348. The molecule has 5 aliphatic carbocycles. The van der Waals surface area contributed by atoms with E-state index in [1.807, 2.05) is 0 Å². The summed E-state index contributed by atoms with van der Waals surface area (Å²) in [6.07, 6.45) is 12.2. The number of carbonyl (C=O) groups excluding carboxylic acids is 1. The van der Waals surface area contributed by atoms with Crippen molar-refractivity contribution in [2.75, 3.05) is 6.61 Å². The minimum Gasteiger partial charge on any atom is -0.481 e. The lowest BCUT2D eigenvalue weighted by atomic mass is 9.33. The molecule has 0 spiro atoms. The first kappa shape index (κ1) is 28.2. The van der Waals surface area contributed by atoms with Crippen LogP contribution in [-0.2, 0) is 14.3 Å². The van der Waals surface area contributed by atoms with Crippen molar-refractivity contribution in [3.8, 4) is 0 Å². The van der Waals surface area contributed by atoms with Gasteiger partial charge >= 0.3 is 11.9 Å². The van der Waals surface area contributed by atoms with Crippen molar-refractivity contribution in [1.82, 2.24) is 0 Å². The highest BCUT2D eigenvalue weighted by Gasteiger charge is 2.69. The molecular formula is C33H52O5. The maximum atomic E-state index is 13.8. The summed E-state index contributed by atoms with van der Waals surface area (Å²) in [6, 6.07) is 0. The molecule has 5 nitrogen and oxygen atoms in total. The highest BCUT2D eigenvalue weighted by molar-refractivity contribution is 5.79. The minimum atomic E-state index is -0.927. The molecule has 8 atom stereocenters. The van der Waals surface area contributed by atoms with Gasteiger partial charge in [-0.25, -0.2) is 0 Å². The Morgan fingerprint density at radius 3 is 2.29 bits per heavy atom. The Hall–Kier alpha value is -1.36. The fourth-order valence-corrected chi connectivity index (χ4v) is 11.0. The molecule has 5 rings (SSSR count). The molecule has 0 unspecified atom stereocenters. The van der Waals surface area contributed by atoms with Crippen LogP contribution in [0.4, 0.5) is 0 Å². The highest BCUT2D eigenvalue weighted by atomic mass is 16.5. The van der Waals surface area contributed by atoms with E-state index in [0.717, 1.165) is 57.8 Å². The van der Waals surface area contributed by atoms with Crippen LogP contribution < -0.4 is 0 Å². The molecule has 0 bridgehead atoms. The van der Waals surface area contributed by atoms with Crippen LogP contribution in [0.25, 0.3) is 0 Å². The number of carbonyl (C=O) groups is 2. The number of esters is 1. The van der Waals surface area contributed by atoms with Gasteiger partial charge in [0.2, 0.25) is 0 Å². The van der Waals surface area contributed by atoms with Gasteiger partial charge in [-0.15, -0.1) is 0 Å². The molecule has 0 saturated heterocycles. The van der Waals surface area contributed by atoms with Crippen LogP contribution in [0.3, 0.4) is 0 Å². The van der Waals surface area contributed by atoms with E-state index in [1.165, 1.54) is 12.0 Å². The number of allylic oxidation sites excluding steroid dienone is 2. The smallest absolute Gasteiger partial charge is 0.312 e. The molecule has 0 aromatic carbocycles. The fraction of sp³-hybridized carbons (Fsp3) is 0.879. The quantitative estimate of drug-likeness (QED) is 0.299. The zero-order valence-corrected chi connectivity index (χ0v) is 25.0. The van der Waals surface area contributed by atoms with Crippen molar-refractivity contribution in [2.45, 2.75) is 125 Å². The first-order valence-corrected chi connectivity index (χ1v) is 15.3. The number of hydrogen-bond donors (Lipinski definition) is 2. The Morgan fingerprint density at radius 1 is 0.921 bits per heavy atom. The van der Waals surface area contributed by atoms with Gasteiger partial charge in [-0.05, 0) is 109 Å². The summed E-state index contributed by atoms with van der Waals surface area (Å²) in [5.41, 5.74) is 1.47. The van der Waals surface area contributed by atoms with Crippen molar-refractivity contribution in [2.24, 2.45) is 50.2 Å². The zero-order valence-electron chi connectivity index (χ0n) is 25.0. The first-order valence-electron chi connectivity index (χ1n) is 15.3. The largest absolute Gasteiger partial charge is 0.481 e. The number of carboxylic acids is 1. The number of fused-ring (bicyclic) bond motifs is 7. The molecule has 214 valence electrons. The number of hydrogen-bond acceptors (Lipinski definition) is 4. The molecule has 0 heterocycles. The van der Waals surface area contributed by atoms with E-state index in [1.54, 1.807) is 0 Å². The van der Waals surface area contributed by atoms with Gasteiger partial charge in [0.15, 0.2) is 0 Å². The van der Waals surface area contributed by atoms with E-state index in [9.17, 15) is 14.7 Å². The number of aliphatic hydroxyl groups is 1. The predicted molar refractivity (Wildman–Crippen MR) is 148 cm³/mol. The van der Waals surface area contributed by atoms with Gasteiger partial charge in [0.05, 0.1) is 17.9 Å². The summed E-state index contributed by atoms with van der Waals surface area (Å²) in [4.78, 5) is 24.9. The van der Waals surface area contributed by atoms with Gasteiger partial charge in [-0.2, -0.15) is 0 Å². The third-order valence-electron chi connectivity index (χ3n) is 13.6. The summed E-state index contributed by atoms with van der Waals surface area (Å²) >= 11 is 0. The average molecular weight is 529 g/mol. The van der Waals surface area contributed by atoms with Gasteiger partial charge < -0.3 is 14.9 Å². The van der Waals surface area contributed by atoms with Crippen LogP contribution in [0.1, 0.15) is 119 Å². The standard InChI is InChI=1S/C33H52O5/c1-28(2)15-17-33(27(37)38-19-12-26(35)36)18-16-31(6)21(22(33)20-28)8-9-24-30(5)13-11-25(34)29(3,4)23(30)10-14-32(24,31)7/h8,22-25,34H,9-20H2,1-7H3,(H,35,36)/t22-,23-,24+,25-,30-,31+,32+,33-/m0/s1. The van der Waals surface area contributed by atoms with Crippen molar-refractivity contribution in [3.05, 3.63) is 11.6 Å².